The standard InChI is InChI=1S/C17H20FN3O2S/c1-20(2)24(22,23)15-9-10-17(19-12-15)21-11-3-4-16(21)13-5-7-14(18)8-6-13/h5-10,12,16H,3-4,11H2,1-2H3/t16-/m1/s1. The maximum absolute atomic E-state index is 13.1. The Morgan fingerprint density at radius 1 is 1.17 bits per heavy atom. The number of anilines is 1. The third-order valence-corrected chi connectivity index (χ3v) is 6.10. The first-order chi connectivity index (χ1) is 11.4. The molecule has 0 bridgehead atoms. The number of hydrogen-bond acceptors (Lipinski definition) is 4. The molecule has 1 aromatic heterocycles. The second kappa shape index (κ2) is 6.49. The van der Waals surface area contributed by atoms with E-state index in [4.69, 9.17) is 0 Å². The van der Waals surface area contributed by atoms with Crippen LogP contribution in [0.25, 0.3) is 0 Å². The predicted molar refractivity (Wildman–Crippen MR) is 90.8 cm³/mol. The lowest BCUT2D eigenvalue weighted by molar-refractivity contribution is 0.520. The Hall–Kier alpha value is -1.99. The molecular formula is C17H20FN3O2S. The van der Waals surface area contributed by atoms with Gasteiger partial charge < -0.3 is 4.90 Å². The van der Waals surface area contributed by atoms with E-state index in [-0.39, 0.29) is 16.8 Å². The summed E-state index contributed by atoms with van der Waals surface area (Å²) in [6.45, 7) is 0.842. The molecule has 1 aliphatic heterocycles. The molecule has 0 radical (unpaired) electrons. The van der Waals surface area contributed by atoms with Gasteiger partial charge in [0, 0.05) is 26.8 Å². The number of pyridine rings is 1. The fourth-order valence-electron chi connectivity index (χ4n) is 2.98. The second-order valence-electron chi connectivity index (χ2n) is 6.04. The van der Waals surface area contributed by atoms with E-state index in [0.29, 0.717) is 0 Å². The van der Waals surface area contributed by atoms with Crippen molar-refractivity contribution in [1.29, 1.82) is 0 Å². The Kier molecular flexibility index (Phi) is 4.56. The lowest BCUT2D eigenvalue weighted by atomic mass is 10.0. The van der Waals surface area contributed by atoms with E-state index < -0.39 is 10.0 Å². The molecule has 0 unspecified atom stereocenters. The SMILES string of the molecule is CN(C)S(=O)(=O)c1ccc(N2CCC[C@@H]2c2ccc(F)cc2)nc1. The van der Waals surface area contributed by atoms with Crippen molar-refractivity contribution >= 4 is 15.8 Å². The molecule has 0 spiro atoms. The van der Waals surface area contributed by atoms with Crippen LogP contribution in [0.1, 0.15) is 24.4 Å². The number of rotatable bonds is 4. The third-order valence-electron chi connectivity index (χ3n) is 4.30. The molecule has 1 fully saturated rings. The van der Waals surface area contributed by atoms with Crippen molar-refractivity contribution in [3.63, 3.8) is 0 Å². The smallest absolute Gasteiger partial charge is 0.244 e. The van der Waals surface area contributed by atoms with Crippen molar-refractivity contribution in [2.75, 3.05) is 25.5 Å². The van der Waals surface area contributed by atoms with Crippen molar-refractivity contribution in [3.05, 3.63) is 54.0 Å². The number of aromatic nitrogens is 1. The van der Waals surface area contributed by atoms with Crippen LogP contribution in [-0.4, -0.2) is 38.3 Å². The molecule has 0 N–H and O–H groups in total. The minimum Gasteiger partial charge on any atom is -0.350 e. The number of nitrogens with zero attached hydrogens (tertiary/aromatic N) is 3. The molecule has 0 amide bonds. The summed E-state index contributed by atoms with van der Waals surface area (Å²) >= 11 is 0. The van der Waals surface area contributed by atoms with Gasteiger partial charge >= 0.3 is 0 Å². The molecule has 24 heavy (non-hydrogen) atoms. The highest BCUT2D eigenvalue weighted by Gasteiger charge is 2.27. The van der Waals surface area contributed by atoms with Gasteiger partial charge in [0.15, 0.2) is 0 Å². The highest BCUT2D eigenvalue weighted by atomic mass is 32.2. The van der Waals surface area contributed by atoms with Crippen LogP contribution < -0.4 is 4.90 Å². The molecule has 0 saturated carbocycles. The number of hydrogen-bond donors (Lipinski definition) is 0. The molecule has 5 nitrogen and oxygen atoms in total. The molecule has 1 aliphatic rings. The summed E-state index contributed by atoms with van der Waals surface area (Å²) in [7, 11) is -0.488. The maximum Gasteiger partial charge on any atom is 0.244 e. The molecular weight excluding hydrogens is 329 g/mol. The monoisotopic (exact) mass is 349 g/mol. The molecule has 128 valence electrons. The van der Waals surface area contributed by atoms with Crippen LogP contribution in [-0.2, 0) is 10.0 Å². The van der Waals surface area contributed by atoms with E-state index in [1.165, 1.54) is 36.7 Å². The normalized spacial score (nSPS) is 18.3. The van der Waals surface area contributed by atoms with Gasteiger partial charge in [-0.3, -0.25) is 0 Å². The minimum absolute atomic E-state index is 0.134. The molecule has 1 aromatic carbocycles. The van der Waals surface area contributed by atoms with Crippen molar-refractivity contribution in [3.8, 4) is 0 Å². The molecule has 1 saturated heterocycles. The quantitative estimate of drug-likeness (QED) is 0.852. The first-order valence-electron chi connectivity index (χ1n) is 7.80. The summed E-state index contributed by atoms with van der Waals surface area (Å²) < 4.78 is 38.5. The van der Waals surface area contributed by atoms with Crippen LogP contribution in [0.15, 0.2) is 47.5 Å². The van der Waals surface area contributed by atoms with Gasteiger partial charge in [-0.05, 0) is 42.7 Å². The van der Waals surface area contributed by atoms with E-state index in [1.54, 1.807) is 24.3 Å². The maximum atomic E-state index is 13.1. The number of sulfonamides is 1. The van der Waals surface area contributed by atoms with E-state index >= 15 is 0 Å². The number of benzene rings is 1. The Morgan fingerprint density at radius 2 is 1.88 bits per heavy atom. The summed E-state index contributed by atoms with van der Waals surface area (Å²) in [5, 5.41) is 0. The Morgan fingerprint density at radius 3 is 2.46 bits per heavy atom. The Bertz CT molecular complexity index is 805. The molecule has 0 aliphatic carbocycles. The highest BCUT2D eigenvalue weighted by molar-refractivity contribution is 7.89. The van der Waals surface area contributed by atoms with Crippen molar-refractivity contribution in [1.82, 2.24) is 9.29 Å². The average molecular weight is 349 g/mol. The predicted octanol–water partition coefficient (Wildman–Crippen LogP) is 2.81. The summed E-state index contributed by atoms with van der Waals surface area (Å²) in [6.07, 6.45) is 3.37. The van der Waals surface area contributed by atoms with E-state index in [0.717, 1.165) is 30.8 Å². The largest absolute Gasteiger partial charge is 0.350 e. The minimum atomic E-state index is -3.48. The Labute approximate surface area is 141 Å². The van der Waals surface area contributed by atoms with Crippen LogP contribution >= 0.6 is 0 Å². The van der Waals surface area contributed by atoms with Gasteiger partial charge in [-0.1, -0.05) is 12.1 Å². The van der Waals surface area contributed by atoms with Crippen LogP contribution in [0.3, 0.4) is 0 Å². The molecule has 3 rings (SSSR count). The van der Waals surface area contributed by atoms with Crippen molar-refractivity contribution in [2.24, 2.45) is 0 Å². The lowest BCUT2D eigenvalue weighted by Crippen LogP contribution is -2.25. The fourth-order valence-corrected chi connectivity index (χ4v) is 3.83. The van der Waals surface area contributed by atoms with Crippen molar-refractivity contribution in [2.45, 2.75) is 23.8 Å². The molecule has 7 heteroatoms. The van der Waals surface area contributed by atoms with Crippen LogP contribution in [0.5, 0.6) is 0 Å². The van der Waals surface area contributed by atoms with Gasteiger partial charge in [0.05, 0.1) is 6.04 Å². The summed E-state index contributed by atoms with van der Waals surface area (Å²) in [5.74, 6) is 0.485. The van der Waals surface area contributed by atoms with E-state index in [9.17, 15) is 12.8 Å². The zero-order chi connectivity index (χ0) is 17.3. The molecule has 2 heterocycles. The van der Waals surface area contributed by atoms with Gasteiger partial charge in [-0.25, -0.2) is 22.1 Å². The summed E-state index contributed by atoms with van der Waals surface area (Å²) in [6, 6.07) is 9.97. The molecule has 1 atom stereocenters. The van der Waals surface area contributed by atoms with Crippen LogP contribution in [0.4, 0.5) is 10.2 Å². The van der Waals surface area contributed by atoms with Crippen LogP contribution in [0.2, 0.25) is 0 Å². The van der Waals surface area contributed by atoms with E-state index in [1.807, 2.05) is 0 Å². The third kappa shape index (κ3) is 3.14. The lowest BCUT2D eigenvalue weighted by Gasteiger charge is -2.26. The fraction of sp³-hybridized carbons (Fsp3) is 0.353. The molecule has 2 aromatic rings. The van der Waals surface area contributed by atoms with Gasteiger partial charge in [0.25, 0.3) is 0 Å². The Balaban J connectivity index is 1.87. The zero-order valence-electron chi connectivity index (χ0n) is 13.7. The zero-order valence-corrected chi connectivity index (χ0v) is 14.5. The second-order valence-corrected chi connectivity index (χ2v) is 8.19. The van der Waals surface area contributed by atoms with Gasteiger partial charge in [-0.15, -0.1) is 0 Å². The van der Waals surface area contributed by atoms with Gasteiger partial charge in [0.1, 0.15) is 16.5 Å². The van der Waals surface area contributed by atoms with Crippen molar-refractivity contribution < 1.29 is 12.8 Å². The van der Waals surface area contributed by atoms with E-state index in [2.05, 4.69) is 9.88 Å². The first-order valence-corrected chi connectivity index (χ1v) is 9.24. The average Bonchev–Trinajstić information content (AvgIpc) is 3.05. The summed E-state index contributed by atoms with van der Waals surface area (Å²) in [5.41, 5.74) is 1.04. The van der Waals surface area contributed by atoms with Gasteiger partial charge in [-0.2, -0.15) is 0 Å². The summed E-state index contributed by atoms with van der Waals surface area (Å²) in [4.78, 5) is 6.66. The van der Waals surface area contributed by atoms with Crippen LogP contribution in [0, 0.1) is 5.82 Å². The highest BCUT2D eigenvalue weighted by Crippen LogP contribution is 2.35. The van der Waals surface area contributed by atoms with Gasteiger partial charge in [0.2, 0.25) is 10.0 Å². The first kappa shape index (κ1) is 16.9. The number of halogens is 1. The topological polar surface area (TPSA) is 53.5 Å².